The highest BCUT2D eigenvalue weighted by molar-refractivity contribution is 6.29. The molecular weight excluding hydrogens is 394 g/mol. The SMILES string of the molecule is COC(=O)c1ccc(-c2cccc(C#N)c2)nc1.COC(=O)c1ccc(Cl)nc1. The molecule has 0 N–H and O–H groups in total. The van der Waals surface area contributed by atoms with E-state index in [0.717, 1.165) is 5.56 Å². The van der Waals surface area contributed by atoms with Crippen LogP contribution in [0.3, 0.4) is 0 Å². The molecule has 0 bridgehead atoms. The monoisotopic (exact) mass is 409 g/mol. The first kappa shape index (κ1) is 21.5. The van der Waals surface area contributed by atoms with Crippen LogP contribution in [0.2, 0.25) is 5.15 Å². The molecule has 0 spiro atoms. The Labute approximate surface area is 172 Å². The molecule has 3 aromatic rings. The Hall–Kier alpha value is -3.76. The lowest BCUT2D eigenvalue weighted by Crippen LogP contribution is -2.01. The smallest absolute Gasteiger partial charge is 0.339 e. The second kappa shape index (κ2) is 10.5. The van der Waals surface area contributed by atoms with Crippen molar-refractivity contribution in [1.29, 1.82) is 5.26 Å². The van der Waals surface area contributed by atoms with Crippen LogP contribution in [0.4, 0.5) is 0 Å². The van der Waals surface area contributed by atoms with Gasteiger partial charge in [-0.15, -0.1) is 0 Å². The van der Waals surface area contributed by atoms with E-state index >= 15 is 0 Å². The lowest BCUT2D eigenvalue weighted by molar-refractivity contribution is 0.0591. The molecular formula is C21H16ClN3O4. The number of halogens is 1. The molecule has 0 fully saturated rings. The number of pyridine rings is 2. The summed E-state index contributed by atoms with van der Waals surface area (Å²) in [7, 11) is 2.64. The van der Waals surface area contributed by atoms with Gasteiger partial charge in [-0.1, -0.05) is 23.7 Å². The van der Waals surface area contributed by atoms with Gasteiger partial charge < -0.3 is 9.47 Å². The molecule has 8 heteroatoms. The minimum Gasteiger partial charge on any atom is -0.465 e. The molecule has 7 nitrogen and oxygen atoms in total. The zero-order valence-corrected chi connectivity index (χ0v) is 16.4. The molecule has 0 saturated carbocycles. The van der Waals surface area contributed by atoms with Crippen LogP contribution in [0.25, 0.3) is 11.3 Å². The standard InChI is InChI=1S/C14H10N2O2.C7H6ClNO2/c1-18-14(17)12-5-6-13(16-9-12)11-4-2-3-10(7-11)8-15;1-11-7(10)5-2-3-6(8)9-4-5/h2-7,9H,1H3;2-4H,1H3. The summed E-state index contributed by atoms with van der Waals surface area (Å²) < 4.78 is 9.05. The Kier molecular flexibility index (Phi) is 7.83. The average Bonchev–Trinajstić information content (AvgIpc) is 2.79. The van der Waals surface area contributed by atoms with E-state index in [4.69, 9.17) is 16.9 Å². The third kappa shape index (κ3) is 6.13. The highest BCUT2D eigenvalue weighted by atomic mass is 35.5. The highest BCUT2D eigenvalue weighted by Crippen LogP contribution is 2.18. The number of carbonyl (C=O) groups is 2. The van der Waals surface area contributed by atoms with E-state index < -0.39 is 11.9 Å². The molecule has 146 valence electrons. The predicted octanol–water partition coefficient (Wildman–Crippen LogP) is 3.93. The first-order valence-corrected chi connectivity index (χ1v) is 8.61. The molecule has 0 atom stereocenters. The van der Waals surface area contributed by atoms with Crippen molar-refractivity contribution in [2.75, 3.05) is 14.2 Å². The Morgan fingerprint density at radius 3 is 2.03 bits per heavy atom. The molecule has 3 rings (SSSR count). The molecule has 29 heavy (non-hydrogen) atoms. The normalized spacial score (nSPS) is 9.45. The van der Waals surface area contributed by atoms with E-state index in [1.54, 1.807) is 36.4 Å². The Morgan fingerprint density at radius 1 is 0.931 bits per heavy atom. The number of benzene rings is 1. The summed E-state index contributed by atoms with van der Waals surface area (Å²) in [5.41, 5.74) is 2.92. The van der Waals surface area contributed by atoms with Crippen molar-refractivity contribution in [2.24, 2.45) is 0 Å². The van der Waals surface area contributed by atoms with Crippen molar-refractivity contribution in [3.05, 3.63) is 82.8 Å². The van der Waals surface area contributed by atoms with Gasteiger partial charge >= 0.3 is 11.9 Å². The van der Waals surface area contributed by atoms with E-state index in [-0.39, 0.29) is 0 Å². The molecule has 0 unspecified atom stereocenters. The first-order valence-electron chi connectivity index (χ1n) is 8.23. The third-order valence-corrected chi connectivity index (χ3v) is 3.84. The minimum atomic E-state index is -0.417. The average molecular weight is 410 g/mol. The zero-order chi connectivity index (χ0) is 21.2. The summed E-state index contributed by atoms with van der Waals surface area (Å²) in [6, 6.07) is 15.7. The van der Waals surface area contributed by atoms with Gasteiger partial charge in [-0.05, 0) is 36.4 Å². The van der Waals surface area contributed by atoms with Gasteiger partial charge in [0.2, 0.25) is 0 Å². The van der Waals surface area contributed by atoms with E-state index in [9.17, 15) is 9.59 Å². The van der Waals surface area contributed by atoms with Gasteiger partial charge in [-0.3, -0.25) is 4.98 Å². The van der Waals surface area contributed by atoms with E-state index in [1.807, 2.05) is 6.07 Å². The van der Waals surface area contributed by atoms with Crippen LogP contribution in [0.15, 0.2) is 60.9 Å². The van der Waals surface area contributed by atoms with E-state index in [1.165, 1.54) is 32.7 Å². The fourth-order valence-corrected chi connectivity index (χ4v) is 2.28. The van der Waals surface area contributed by atoms with Crippen LogP contribution in [0, 0.1) is 11.3 Å². The maximum absolute atomic E-state index is 11.3. The van der Waals surface area contributed by atoms with Crippen LogP contribution in [-0.2, 0) is 9.47 Å². The number of hydrogen-bond acceptors (Lipinski definition) is 7. The second-order valence-electron chi connectivity index (χ2n) is 5.48. The maximum Gasteiger partial charge on any atom is 0.339 e. The number of aromatic nitrogens is 2. The number of rotatable bonds is 3. The molecule has 0 aliphatic carbocycles. The summed E-state index contributed by atoms with van der Waals surface area (Å²) >= 11 is 5.50. The summed E-state index contributed by atoms with van der Waals surface area (Å²) in [5, 5.41) is 9.19. The lowest BCUT2D eigenvalue weighted by atomic mass is 10.1. The first-order chi connectivity index (χ1) is 14.0. The number of nitrogens with zero attached hydrogens (tertiary/aromatic N) is 3. The minimum absolute atomic E-state index is 0.359. The van der Waals surface area contributed by atoms with Crippen LogP contribution in [-0.4, -0.2) is 36.1 Å². The molecule has 0 radical (unpaired) electrons. The van der Waals surface area contributed by atoms with E-state index in [2.05, 4.69) is 25.5 Å². The molecule has 0 saturated heterocycles. The van der Waals surface area contributed by atoms with Crippen molar-refractivity contribution < 1.29 is 19.1 Å². The van der Waals surface area contributed by atoms with Crippen molar-refractivity contribution in [3.8, 4) is 17.3 Å². The summed E-state index contributed by atoms with van der Waals surface area (Å²) in [4.78, 5) is 30.0. The van der Waals surface area contributed by atoms with Crippen molar-refractivity contribution >= 4 is 23.5 Å². The summed E-state index contributed by atoms with van der Waals surface area (Å²) in [5.74, 6) is -0.825. The van der Waals surface area contributed by atoms with Crippen molar-refractivity contribution in [2.45, 2.75) is 0 Å². The second-order valence-corrected chi connectivity index (χ2v) is 5.86. The third-order valence-electron chi connectivity index (χ3n) is 3.62. The number of methoxy groups -OCH3 is 2. The largest absolute Gasteiger partial charge is 0.465 e. The number of nitriles is 1. The van der Waals surface area contributed by atoms with Gasteiger partial charge in [0.05, 0.1) is 42.7 Å². The van der Waals surface area contributed by atoms with Crippen LogP contribution in [0.1, 0.15) is 26.3 Å². The molecule has 2 heterocycles. The Morgan fingerprint density at radius 2 is 1.55 bits per heavy atom. The molecule has 1 aromatic carbocycles. The van der Waals surface area contributed by atoms with Crippen LogP contribution >= 0.6 is 11.6 Å². The molecule has 0 amide bonds. The number of ether oxygens (including phenoxy) is 2. The van der Waals surface area contributed by atoms with Gasteiger partial charge in [0.1, 0.15) is 5.15 Å². The van der Waals surface area contributed by atoms with Gasteiger partial charge in [-0.2, -0.15) is 5.26 Å². The Balaban J connectivity index is 0.000000234. The molecule has 0 aliphatic rings. The van der Waals surface area contributed by atoms with Crippen LogP contribution in [0.5, 0.6) is 0 Å². The Bertz CT molecular complexity index is 1030. The topological polar surface area (TPSA) is 102 Å². The van der Waals surface area contributed by atoms with Gasteiger partial charge in [0.25, 0.3) is 0 Å². The predicted molar refractivity (Wildman–Crippen MR) is 106 cm³/mol. The highest BCUT2D eigenvalue weighted by Gasteiger charge is 2.07. The summed E-state index contributed by atoms with van der Waals surface area (Å²) in [6.45, 7) is 0. The number of carbonyl (C=O) groups excluding carboxylic acids is 2. The van der Waals surface area contributed by atoms with Gasteiger partial charge in [0, 0.05) is 18.0 Å². The summed E-state index contributed by atoms with van der Waals surface area (Å²) in [6.07, 6.45) is 2.83. The fourth-order valence-electron chi connectivity index (χ4n) is 2.17. The van der Waals surface area contributed by atoms with Crippen molar-refractivity contribution in [3.63, 3.8) is 0 Å². The van der Waals surface area contributed by atoms with Gasteiger partial charge in [-0.25, -0.2) is 14.6 Å². The van der Waals surface area contributed by atoms with Crippen molar-refractivity contribution in [1.82, 2.24) is 9.97 Å². The molecule has 0 aliphatic heterocycles. The van der Waals surface area contributed by atoms with Crippen LogP contribution < -0.4 is 0 Å². The fraction of sp³-hybridized carbons (Fsp3) is 0.0952. The molecule has 2 aromatic heterocycles. The van der Waals surface area contributed by atoms with E-state index in [0.29, 0.717) is 27.5 Å². The van der Waals surface area contributed by atoms with Gasteiger partial charge in [0.15, 0.2) is 0 Å². The number of esters is 2. The zero-order valence-electron chi connectivity index (χ0n) is 15.6. The maximum atomic E-state index is 11.3. The lowest BCUT2D eigenvalue weighted by Gasteiger charge is -2.02. The number of hydrogen-bond donors (Lipinski definition) is 0. The quantitative estimate of drug-likeness (QED) is 0.477.